The summed E-state index contributed by atoms with van der Waals surface area (Å²) in [5.74, 6) is 0. The molecule has 0 atom stereocenters. The summed E-state index contributed by atoms with van der Waals surface area (Å²) < 4.78 is 0. The van der Waals surface area contributed by atoms with Gasteiger partial charge < -0.3 is 0 Å². The third-order valence-electron chi connectivity index (χ3n) is 1.36. The number of pyridine rings is 1. The Kier molecular flexibility index (Phi) is 2.16. The molecule has 1 aromatic heterocycles. The lowest BCUT2D eigenvalue weighted by atomic mass is 10.2. The van der Waals surface area contributed by atoms with E-state index in [1.54, 1.807) is 18.3 Å². The lowest BCUT2D eigenvalue weighted by Gasteiger charge is -1.97. The summed E-state index contributed by atoms with van der Waals surface area (Å²) in [5.41, 5.74) is 2.28. The predicted octanol–water partition coefficient (Wildman–Crippen LogP) is 1.93. The van der Waals surface area contributed by atoms with Crippen molar-refractivity contribution in [3.8, 4) is 0 Å². The molecule has 0 saturated heterocycles. The molecule has 1 rings (SSSR count). The van der Waals surface area contributed by atoms with Gasteiger partial charge >= 0.3 is 0 Å². The number of rotatable bonds is 2. The normalized spacial score (nSPS) is 9.18. The number of hydrogen-bond acceptors (Lipinski definition) is 2. The lowest BCUT2D eigenvalue weighted by Crippen LogP contribution is -1.87. The molecule has 0 bridgehead atoms. The molecular weight excluding hydrogens is 138 g/mol. The van der Waals surface area contributed by atoms with Gasteiger partial charge in [0.05, 0.1) is 5.69 Å². The molecule has 2 heteroatoms. The molecule has 0 unspecified atom stereocenters. The minimum Gasteiger partial charge on any atom is -0.298 e. The van der Waals surface area contributed by atoms with Crippen molar-refractivity contribution in [3.63, 3.8) is 0 Å². The van der Waals surface area contributed by atoms with E-state index >= 15 is 0 Å². The third kappa shape index (κ3) is 1.74. The highest BCUT2D eigenvalue weighted by Gasteiger charge is 1.95. The zero-order valence-electron chi connectivity index (χ0n) is 6.37. The van der Waals surface area contributed by atoms with Crippen LogP contribution < -0.4 is 0 Å². The van der Waals surface area contributed by atoms with Crippen LogP contribution in [-0.2, 0) is 0 Å². The van der Waals surface area contributed by atoms with Gasteiger partial charge in [-0.2, -0.15) is 0 Å². The zero-order chi connectivity index (χ0) is 8.27. The minimum atomic E-state index is 0.637. The molecule has 0 aliphatic carbocycles. The smallest absolute Gasteiger partial charge is 0.150 e. The largest absolute Gasteiger partial charge is 0.298 e. The number of nitrogens with zero attached hydrogens (tertiary/aromatic N) is 1. The summed E-state index contributed by atoms with van der Waals surface area (Å²) in [6.07, 6.45) is 2.40. The van der Waals surface area contributed by atoms with Gasteiger partial charge in [0.15, 0.2) is 0 Å². The van der Waals surface area contributed by atoms with Gasteiger partial charge in [-0.25, -0.2) is 0 Å². The number of aldehydes is 1. The van der Waals surface area contributed by atoms with Crippen LogP contribution >= 0.6 is 0 Å². The zero-order valence-corrected chi connectivity index (χ0v) is 6.37. The van der Waals surface area contributed by atoms with Crippen LogP contribution in [0.1, 0.15) is 23.0 Å². The second kappa shape index (κ2) is 3.10. The first-order valence-corrected chi connectivity index (χ1v) is 3.31. The molecule has 1 heterocycles. The summed E-state index contributed by atoms with van der Waals surface area (Å²) >= 11 is 0. The highest BCUT2D eigenvalue weighted by Crippen LogP contribution is 2.08. The molecule has 2 nitrogen and oxygen atoms in total. The van der Waals surface area contributed by atoms with Crippen LogP contribution in [0, 0.1) is 0 Å². The van der Waals surface area contributed by atoms with E-state index in [-0.39, 0.29) is 0 Å². The Balaban J connectivity index is 3.10. The standard InChI is InChI=1S/C9H9NO/c1-7(2)9-5-8(6-11)3-4-10-9/h3-6H,1H2,2H3. The van der Waals surface area contributed by atoms with Gasteiger partial charge in [-0.05, 0) is 24.6 Å². The molecule has 0 aromatic carbocycles. The molecule has 0 fully saturated rings. The van der Waals surface area contributed by atoms with E-state index in [0.29, 0.717) is 5.56 Å². The number of aromatic nitrogens is 1. The third-order valence-corrected chi connectivity index (χ3v) is 1.36. The first-order chi connectivity index (χ1) is 5.24. The first-order valence-electron chi connectivity index (χ1n) is 3.31. The van der Waals surface area contributed by atoms with Gasteiger partial charge in [0, 0.05) is 11.8 Å². The topological polar surface area (TPSA) is 30.0 Å². The van der Waals surface area contributed by atoms with Gasteiger partial charge in [-0.3, -0.25) is 9.78 Å². The monoisotopic (exact) mass is 147 g/mol. The Morgan fingerprint density at radius 3 is 3.00 bits per heavy atom. The summed E-state index contributed by atoms with van der Waals surface area (Å²) in [6.45, 7) is 5.58. The molecule has 11 heavy (non-hydrogen) atoms. The summed E-state index contributed by atoms with van der Waals surface area (Å²) in [7, 11) is 0. The fourth-order valence-electron chi connectivity index (χ4n) is 0.754. The Labute approximate surface area is 65.6 Å². The Hall–Kier alpha value is -1.44. The van der Waals surface area contributed by atoms with E-state index < -0.39 is 0 Å². The van der Waals surface area contributed by atoms with E-state index in [9.17, 15) is 4.79 Å². The highest BCUT2D eigenvalue weighted by atomic mass is 16.1. The Morgan fingerprint density at radius 1 is 1.73 bits per heavy atom. The van der Waals surface area contributed by atoms with Crippen molar-refractivity contribution in [1.29, 1.82) is 0 Å². The molecule has 56 valence electrons. The van der Waals surface area contributed by atoms with Gasteiger partial charge in [0.25, 0.3) is 0 Å². The summed E-state index contributed by atoms with van der Waals surface area (Å²) in [6, 6.07) is 3.38. The van der Waals surface area contributed by atoms with E-state index in [1.165, 1.54) is 0 Å². The van der Waals surface area contributed by atoms with Crippen LogP contribution in [0.15, 0.2) is 24.9 Å². The van der Waals surface area contributed by atoms with E-state index in [1.807, 2.05) is 6.92 Å². The predicted molar refractivity (Wildman–Crippen MR) is 44.3 cm³/mol. The van der Waals surface area contributed by atoms with Crippen molar-refractivity contribution in [2.45, 2.75) is 6.92 Å². The van der Waals surface area contributed by atoms with Gasteiger partial charge in [-0.1, -0.05) is 6.58 Å². The number of allylic oxidation sites excluding steroid dienone is 1. The number of carbonyl (C=O) groups is 1. The number of carbonyl (C=O) groups excluding carboxylic acids is 1. The molecule has 0 saturated carbocycles. The van der Waals surface area contributed by atoms with E-state index in [4.69, 9.17) is 0 Å². The van der Waals surface area contributed by atoms with E-state index in [2.05, 4.69) is 11.6 Å². The van der Waals surface area contributed by atoms with Crippen LogP contribution in [0.5, 0.6) is 0 Å². The molecule has 0 spiro atoms. The fraction of sp³-hybridized carbons (Fsp3) is 0.111. The maximum atomic E-state index is 10.3. The van der Waals surface area contributed by atoms with Crippen LogP contribution in [0.25, 0.3) is 5.57 Å². The average Bonchev–Trinajstić information content (AvgIpc) is 2.05. The van der Waals surface area contributed by atoms with Crippen LogP contribution in [0.4, 0.5) is 0 Å². The number of hydrogen-bond donors (Lipinski definition) is 0. The molecule has 0 aliphatic heterocycles. The molecule has 1 aromatic rings. The molecule has 0 radical (unpaired) electrons. The Bertz CT molecular complexity index is 291. The quantitative estimate of drug-likeness (QED) is 0.598. The summed E-state index contributed by atoms with van der Waals surface area (Å²) in [4.78, 5) is 14.4. The van der Waals surface area contributed by atoms with Crippen molar-refractivity contribution >= 4 is 11.9 Å². The second-order valence-electron chi connectivity index (χ2n) is 2.37. The SMILES string of the molecule is C=C(C)c1cc(C=O)ccn1. The van der Waals surface area contributed by atoms with Crippen molar-refractivity contribution in [2.75, 3.05) is 0 Å². The molecule has 0 amide bonds. The molecule has 0 N–H and O–H groups in total. The van der Waals surface area contributed by atoms with Crippen LogP contribution in [0.3, 0.4) is 0 Å². The van der Waals surface area contributed by atoms with Gasteiger partial charge in [-0.15, -0.1) is 0 Å². The van der Waals surface area contributed by atoms with Crippen LogP contribution in [0.2, 0.25) is 0 Å². The lowest BCUT2D eigenvalue weighted by molar-refractivity contribution is 0.112. The van der Waals surface area contributed by atoms with Crippen molar-refractivity contribution < 1.29 is 4.79 Å². The fourth-order valence-corrected chi connectivity index (χ4v) is 0.754. The second-order valence-corrected chi connectivity index (χ2v) is 2.37. The van der Waals surface area contributed by atoms with Crippen LogP contribution in [-0.4, -0.2) is 11.3 Å². The molecule has 0 aliphatic rings. The highest BCUT2D eigenvalue weighted by molar-refractivity contribution is 5.76. The minimum absolute atomic E-state index is 0.637. The van der Waals surface area contributed by atoms with Crippen molar-refractivity contribution in [2.24, 2.45) is 0 Å². The maximum absolute atomic E-state index is 10.3. The van der Waals surface area contributed by atoms with Crippen molar-refractivity contribution in [1.82, 2.24) is 4.98 Å². The Morgan fingerprint density at radius 2 is 2.45 bits per heavy atom. The summed E-state index contributed by atoms with van der Waals surface area (Å²) in [5, 5.41) is 0. The van der Waals surface area contributed by atoms with Crippen molar-refractivity contribution in [3.05, 3.63) is 36.2 Å². The maximum Gasteiger partial charge on any atom is 0.150 e. The average molecular weight is 147 g/mol. The first kappa shape index (κ1) is 7.66. The van der Waals surface area contributed by atoms with Gasteiger partial charge in [0.1, 0.15) is 6.29 Å². The molecular formula is C9H9NO. The van der Waals surface area contributed by atoms with Gasteiger partial charge in [0.2, 0.25) is 0 Å². The van der Waals surface area contributed by atoms with E-state index in [0.717, 1.165) is 17.6 Å².